The molecule has 0 aliphatic carbocycles. The Balaban J connectivity index is 1.32. The fraction of sp³-hybridized carbons (Fsp3) is 0.269. The molecule has 0 aliphatic rings. The number of rotatable bonds is 7. The van der Waals surface area contributed by atoms with Crippen LogP contribution in [-0.2, 0) is 18.7 Å². The molecular formula is C26H29N5O2. The van der Waals surface area contributed by atoms with Gasteiger partial charge < -0.3 is 10.1 Å². The summed E-state index contributed by atoms with van der Waals surface area (Å²) in [5.41, 5.74) is 4.67. The average Bonchev–Trinajstić information content (AvgIpc) is 3.43. The summed E-state index contributed by atoms with van der Waals surface area (Å²) in [4.78, 5) is 12.6. The largest absolute Gasteiger partial charge is 0.471 e. The number of anilines is 1. The smallest absolute Gasteiger partial charge is 0.276 e. The molecule has 0 saturated carbocycles. The van der Waals surface area contributed by atoms with Gasteiger partial charge in [0.2, 0.25) is 0 Å². The molecule has 0 saturated heterocycles. The SMILES string of the molecule is Cc1ccccc1Cn1cc(NC(=O)c2ccn(COc3ccc(C(C)(C)C)cc3)n2)cn1. The van der Waals surface area contributed by atoms with Crippen molar-refractivity contribution >= 4 is 11.6 Å². The second-order valence-corrected chi connectivity index (χ2v) is 9.10. The molecule has 1 amide bonds. The van der Waals surface area contributed by atoms with Crippen LogP contribution >= 0.6 is 0 Å². The maximum atomic E-state index is 12.6. The first-order valence-corrected chi connectivity index (χ1v) is 10.9. The quantitative estimate of drug-likeness (QED) is 0.435. The summed E-state index contributed by atoms with van der Waals surface area (Å²) in [7, 11) is 0. The maximum Gasteiger partial charge on any atom is 0.276 e. The lowest BCUT2D eigenvalue weighted by atomic mass is 9.87. The predicted octanol–water partition coefficient (Wildman–Crippen LogP) is 5.02. The second-order valence-electron chi connectivity index (χ2n) is 9.10. The first-order valence-electron chi connectivity index (χ1n) is 10.9. The molecule has 0 bridgehead atoms. The molecule has 0 fully saturated rings. The lowest BCUT2D eigenvalue weighted by Crippen LogP contribution is -2.14. The van der Waals surface area contributed by atoms with Crippen LogP contribution in [0.15, 0.2) is 73.2 Å². The van der Waals surface area contributed by atoms with Crippen LogP contribution in [0.25, 0.3) is 0 Å². The molecule has 7 heteroatoms. The molecule has 4 aromatic rings. The van der Waals surface area contributed by atoms with E-state index in [-0.39, 0.29) is 18.1 Å². The van der Waals surface area contributed by atoms with Crippen LogP contribution in [0, 0.1) is 6.92 Å². The number of nitrogens with one attached hydrogen (secondary N) is 1. The van der Waals surface area contributed by atoms with Crippen molar-refractivity contribution in [3.05, 3.63) is 95.6 Å². The van der Waals surface area contributed by atoms with E-state index in [1.165, 1.54) is 16.7 Å². The molecule has 2 heterocycles. The molecule has 2 aromatic carbocycles. The number of amides is 1. The zero-order valence-electron chi connectivity index (χ0n) is 19.4. The standard InChI is InChI=1S/C26H29N5O2/c1-19-7-5-6-8-20(19)16-31-17-22(15-27-31)28-25(32)24-13-14-30(29-24)18-33-23-11-9-21(10-12-23)26(2,3)4/h5-15,17H,16,18H2,1-4H3,(H,28,32). The van der Waals surface area contributed by atoms with E-state index in [4.69, 9.17) is 4.74 Å². The van der Waals surface area contributed by atoms with Gasteiger partial charge in [-0.15, -0.1) is 0 Å². The van der Waals surface area contributed by atoms with Gasteiger partial charge in [-0.2, -0.15) is 10.2 Å². The Morgan fingerprint density at radius 3 is 2.52 bits per heavy atom. The second kappa shape index (κ2) is 9.32. The molecule has 2 aromatic heterocycles. The van der Waals surface area contributed by atoms with Gasteiger partial charge in [0.25, 0.3) is 5.91 Å². The predicted molar refractivity (Wildman–Crippen MR) is 128 cm³/mol. The summed E-state index contributed by atoms with van der Waals surface area (Å²) in [6.07, 6.45) is 5.17. The highest BCUT2D eigenvalue weighted by Gasteiger charge is 2.14. The number of aromatic nitrogens is 4. The number of hydrogen-bond acceptors (Lipinski definition) is 4. The van der Waals surface area contributed by atoms with E-state index in [1.807, 2.05) is 30.5 Å². The van der Waals surface area contributed by atoms with Gasteiger partial charge in [0.05, 0.1) is 18.4 Å². The highest BCUT2D eigenvalue weighted by atomic mass is 16.5. The summed E-state index contributed by atoms with van der Waals surface area (Å²) < 4.78 is 9.19. The minimum Gasteiger partial charge on any atom is -0.471 e. The number of nitrogens with zero attached hydrogens (tertiary/aromatic N) is 4. The molecule has 0 unspecified atom stereocenters. The minimum atomic E-state index is -0.293. The lowest BCUT2D eigenvalue weighted by Gasteiger charge is -2.19. The van der Waals surface area contributed by atoms with E-state index < -0.39 is 0 Å². The van der Waals surface area contributed by atoms with E-state index >= 15 is 0 Å². The van der Waals surface area contributed by atoms with Crippen LogP contribution in [0.2, 0.25) is 0 Å². The van der Waals surface area contributed by atoms with Crippen molar-refractivity contribution in [2.75, 3.05) is 5.32 Å². The number of carbonyl (C=O) groups excluding carboxylic acids is 1. The van der Waals surface area contributed by atoms with Gasteiger partial charge in [0.15, 0.2) is 12.4 Å². The van der Waals surface area contributed by atoms with Gasteiger partial charge in [-0.05, 0) is 47.2 Å². The number of benzene rings is 2. The molecule has 7 nitrogen and oxygen atoms in total. The molecule has 4 rings (SSSR count). The Labute approximate surface area is 194 Å². The van der Waals surface area contributed by atoms with Gasteiger partial charge in [0.1, 0.15) is 5.75 Å². The Kier molecular flexibility index (Phi) is 6.31. The van der Waals surface area contributed by atoms with Gasteiger partial charge in [-0.3, -0.25) is 9.48 Å². The van der Waals surface area contributed by atoms with Crippen molar-refractivity contribution < 1.29 is 9.53 Å². The summed E-state index contributed by atoms with van der Waals surface area (Å²) in [5, 5.41) is 11.5. The van der Waals surface area contributed by atoms with Crippen LogP contribution < -0.4 is 10.1 Å². The summed E-state index contributed by atoms with van der Waals surface area (Å²) in [5.74, 6) is 0.462. The van der Waals surface area contributed by atoms with Crippen molar-refractivity contribution in [1.29, 1.82) is 0 Å². The van der Waals surface area contributed by atoms with Crippen LogP contribution in [0.3, 0.4) is 0 Å². The van der Waals surface area contributed by atoms with E-state index in [9.17, 15) is 4.79 Å². The lowest BCUT2D eigenvalue weighted by molar-refractivity contribution is 0.102. The highest BCUT2D eigenvalue weighted by Crippen LogP contribution is 2.24. The highest BCUT2D eigenvalue weighted by molar-refractivity contribution is 6.02. The molecule has 0 radical (unpaired) electrons. The van der Waals surface area contributed by atoms with Gasteiger partial charge in [0, 0.05) is 12.4 Å². The molecule has 0 aliphatic heterocycles. The monoisotopic (exact) mass is 443 g/mol. The van der Waals surface area contributed by atoms with E-state index in [2.05, 4.69) is 67.5 Å². The number of hydrogen-bond donors (Lipinski definition) is 1. The first-order chi connectivity index (χ1) is 15.8. The third-order valence-corrected chi connectivity index (χ3v) is 5.44. The van der Waals surface area contributed by atoms with E-state index in [0.717, 1.165) is 5.75 Å². The van der Waals surface area contributed by atoms with Crippen LogP contribution in [0.1, 0.15) is 48.0 Å². The fourth-order valence-electron chi connectivity index (χ4n) is 3.42. The van der Waals surface area contributed by atoms with Crippen LogP contribution in [0.5, 0.6) is 5.75 Å². The van der Waals surface area contributed by atoms with Crippen molar-refractivity contribution in [2.45, 2.75) is 46.4 Å². The number of carbonyl (C=O) groups is 1. The first kappa shape index (κ1) is 22.3. The third kappa shape index (κ3) is 5.68. The zero-order valence-corrected chi connectivity index (χ0v) is 19.4. The Morgan fingerprint density at radius 1 is 1.03 bits per heavy atom. The Bertz CT molecular complexity index is 1230. The van der Waals surface area contributed by atoms with Crippen molar-refractivity contribution in [1.82, 2.24) is 19.6 Å². The summed E-state index contributed by atoms with van der Waals surface area (Å²) in [6.45, 7) is 9.46. The van der Waals surface area contributed by atoms with Crippen molar-refractivity contribution in [3.63, 3.8) is 0 Å². The fourth-order valence-corrected chi connectivity index (χ4v) is 3.42. The van der Waals surface area contributed by atoms with E-state index in [0.29, 0.717) is 17.9 Å². The topological polar surface area (TPSA) is 74.0 Å². The number of ether oxygens (including phenoxy) is 1. The molecule has 1 N–H and O–H groups in total. The normalized spacial score (nSPS) is 11.4. The van der Waals surface area contributed by atoms with Gasteiger partial charge >= 0.3 is 0 Å². The van der Waals surface area contributed by atoms with Gasteiger partial charge in [-0.1, -0.05) is 57.2 Å². The summed E-state index contributed by atoms with van der Waals surface area (Å²) in [6, 6.07) is 17.9. The van der Waals surface area contributed by atoms with Crippen LogP contribution in [-0.4, -0.2) is 25.5 Å². The number of aryl methyl sites for hydroxylation is 1. The molecular weight excluding hydrogens is 414 g/mol. The minimum absolute atomic E-state index is 0.0970. The molecule has 0 atom stereocenters. The molecule has 0 spiro atoms. The van der Waals surface area contributed by atoms with Crippen molar-refractivity contribution in [3.8, 4) is 5.75 Å². The Hall–Kier alpha value is -3.87. The maximum absolute atomic E-state index is 12.6. The third-order valence-electron chi connectivity index (χ3n) is 5.44. The van der Waals surface area contributed by atoms with Crippen LogP contribution in [0.4, 0.5) is 5.69 Å². The zero-order chi connectivity index (χ0) is 23.4. The average molecular weight is 444 g/mol. The Morgan fingerprint density at radius 2 is 1.79 bits per heavy atom. The van der Waals surface area contributed by atoms with E-state index in [1.54, 1.807) is 27.8 Å². The van der Waals surface area contributed by atoms with Crippen molar-refractivity contribution in [2.24, 2.45) is 0 Å². The summed E-state index contributed by atoms with van der Waals surface area (Å²) >= 11 is 0. The molecule has 170 valence electrons. The van der Waals surface area contributed by atoms with Gasteiger partial charge in [-0.25, -0.2) is 4.68 Å². The molecule has 33 heavy (non-hydrogen) atoms.